The molecule has 0 aliphatic rings. The molecule has 0 aliphatic carbocycles. The first-order chi connectivity index (χ1) is 14.7. The molecule has 0 fully saturated rings. The number of carbonyl (C=O) groups is 1. The molecule has 0 bridgehead atoms. The standard InChI is InChI=1S/C24H18FN3O2/c25-20-13-7-8-14-21(20)30-24-26-15-19(16-27-24)28-23(29)22(17-9-3-1-4-10-17)18-11-5-2-6-12-18/h1-16,22H,(H,28,29). The van der Waals surface area contributed by atoms with E-state index >= 15 is 0 Å². The molecule has 148 valence electrons. The van der Waals surface area contributed by atoms with E-state index < -0.39 is 11.7 Å². The highest BCUT2D eigenvalue weighted by Gasteiger charge is 2.22. The van der Waals surface area contributed by atoms with Gasteiger partial charge >= 0.3 is 6.01 Å². The van der Waals surface area contributed by atoms with E-state index in [-0.39, 0.29) is 17.7 Å². The predicted molar refractivity (Wildman–Crippen MR) is 112 cm³/mol. The summed E-state index contributed by atoms with van der Waals surface area (Å²) < 4.78 is 19.0. The van der Waals surface area contributed by atoms with Crippen molar-refractivity contribution >= 4 is 11.6 Å². The molecule has 4 rings (SSSR count). The van der Waals surface area contributed by atoms with Gasteiger partial charge in [-0.15, -0.1) is 0 Å². The quantitative estimate of drug-likeness (QED) is 0.485. The highest BCUT2D eigenvalue weighted by molar-refractivity contribution is 5.97. The van der Waals surface area contributed by atoms with Crippen LogP contribution in [0.25, 0.3) is 0 Å². The lowest BCUT2D eigenvalue weighted by Gasteiger charge is -2.17. The van der Waals surface area contributed by atoms with Gasteiger partial charge in [-0.1, -0.05) is 72.8 Å². The zero-order chi connectivity index (χ0) is 20.8. The highest BCUT2D eigenvalue weighted by atomic mass is 19.1. The summed E-state index contributed by atoms with van der Waals surface area (Å²) in [7, 11) is 0. The van der Waals surface area contributed by atoms with Crippen LogP contribution in [0.4, 0.5) is 10.1 Å². The van der Waals surface area contributed by atoms with E-state index in [4.69, 9.17) is 4.74 Å². The SMILES string of the molecule is O=C(Nc1cnc(Oc2ccccc2F)nc1)C(c1ccccc1)c1ccccc1. The fourth-order valence-corrected chi connectivity index (χ4v) is 3.06. The van der Waals surface area contributed by atoms with Crippen LogP contribution in [0.1, 0.15) is 17.0 Å². The van der Waals surface area contributed by atoms with Crippen molar-refractivity contribution in [1.29, 1.82) is 0 Å². The molecule has 5 nitrogen and oxygen atoms in total. The second kappa shape index (κ2) is 8.96. The number of carbonyl (C=O) groups excluding carboxylic acids is 1. The lowest BCUT2D eigenvalue weighted by atomic mass is 9.90. The number of para-hydroxylation sites is 1. The highest BCUT2D eigenvalue weighted by Crippen LogP contribution is 2.26. The number of nitrogens with one attached hydrogen (secondary N) is 1. The molecule has 0 atom stereocenters. The van der Waals surface area contributed by atoms with Crippen molar-refractivity contribution in [2.45, 2.75) is 5.92 Å². The van der Waals surface area contributed by atoms with Crippen LogP contribution in [0.15, 0.2) is 97.3 Å². The first kappa shape index (κ1) is 19.3. The van der Waals surface area contributed by atoms with Crippen molar-refractivity contribution in [2.24, 2.45) is 0 Å². The van der Waals surface area contributed by atoms with Crippen molar-refractivity contribution in [3.63, 3.8) is 0 Å². The zero-order valence-corrected chi connectivity index (χ0v) is 15.9. The maximum atomic E-state index is 13.7. The number of anilines is 1. The van der Waals surface area contributed by atoms with Gasteiger partial charge in [-0.05, 0) is 23.3 Å². The Morgan fingerprint density at radius 1 is 0.800 bits per heavy atom. The van der Waals surface area contributed by atoms with Gasteiger partial charge in [-0.25, -0.2) is 14.4 Å². The third kappa shape index (κ3) is 4.50. The minimum absolute atomic E-state index is 0.0132. The maximum Gasteiger partial charge on any atom is 0.322 e. The molecule has 4 aromatic rings. The van der Waals surface area contributed by atoms with Gasteiger partial charge in [0.1, 0.15) is 0 Å². The first-order valence-electron chi connectivity index (χ1n) is 9.36. The van der Waals surface area contributed by atoms with Crippen molar-refractivity contribution in [3.05, 3.63) is 114 Å². The van der Waals surface area contributed by atoms with Crippen LogP contribution in [-0.4, -0.2) is 15.9 Å². The smallest absolute Gasteiger partial charge is 0.322 e. The van der Waals surface area contributed by atoms with Gasteiger partial charge in [0.2, 0.25) is 5.91 Å². The lowest BCUT2D eigenvalue weighted by Crippen LogP contribution is -2.22. The summed E-state index contributed by atoms with van der Waals surface area (Å²) in [6, 6.07) is 25.1. The van der Waals surface area contributed by atoms with Crippen LogP contribution in [-0.2, 0) is 4.79 Å². The summed E-state index contributed by atoms with van der Waals surface area (Å²) in [6.45, 7) is 0. The average Bonchev–Trinajstić information content (AvgIpc) is 2.78. The van der Waals surface area contributed by atoms with Gasteiger partial charge in [0.15, 0.2) is 11.6 Å². The Hall–Kier alpha value is -4.06. The second-order valence-electron chi connectivity index (χ2n) is 6.53. The number of benzene rings is 3. The molecule has 1 aromatic heterocycles. The van der Waals surface area contributed by atoms with Crippen LogP contribution >= 0.6 is 0 Å². The Balaban J connectivity index is 1.52. The number of hydrogen-bond acceptors (Lipinski definition) is 4. The Bertz CT molecular complexity index is 1080. The monoisotopic (exact) mass is 399 g/mol. The van der Waals surface area contributed by atoms with Crippen LogP contribution in [0, 0.1) is 5.82 Å². The summed E-state index contributed by atoms with van der Waals surface area (Å²) >= 11 is 0. The molecule has 0 aliphatic heterocycles. The number of halogens is 1. The molecule has 6 heteroatoms. The molecule has 1 heterocycles. The van der Waals surface area contributed by atoms with Gasteiger partial charge in [-0.2, -0.15) is 0 Å². The van der Waals surface area contributed by atoms with Crippen molar-refractivity contribution < 1.29 is 13.9 Å². The number of rotatable bonds is 6. The van der Waals surface area contributed by atoms with Crippen LogP contribution in [0.5, 0.6) is 11.8 Å². The fraction of sp³-hybridized carbons (Fsp3) is 0.0417. The molecule has 3 aromatic carbocycles. The lowest BCUT2D eigenvalue weighted by molar-refractivity contribution is -0.116. The van der Waals surface area contributed by atoms with Gasteiger partial charge < -0.3 is 10.1 Å². The number of amides is 1. The van der Waals surface area contributed by atoms with E-state index in [0.717, 1.165) is 11.1 Å². The molecule has 0 unspecified atom stereocenters. The summed E-state index contributed by atoms with van der Waals surface area (Å²) in [5.74, 6) is -1.17. The Kier molecular flexibility index (Phi) is 5.75. The minimum atomic E-state index is -0.507. The largest absolute Gasteiger partial charge is 0.421 e. The summed E-state index contributed by atoms with van der Waals surface area (Å²) in [4.78, 5) is 21.2. The van der Waals surface area contributed by atoms with Gasteiger partial charge in [0.25, 0.3) is 0 Å². The molecule has 0 saturated heterocycles. The molecule has 0 saturated carbocycles. The topological polar surface area (TPSA) is 64.1 Å². The van der Waals surface area contributed by atoms with Gasteiger partial charge in [0.05, 0.1) is 24.0 Å². The van der Waals surface area contributed by atoms with E-state index in [1.807, 2.05) is 60.7 Å². The Morgan fingerprint density at radius 3 is 1.90 bits per heavy atom. The van der Waals surface area contributed by atoms with Crippen molar-refractivity contribution in [3.8, 4) is 11.8 Å². The Labute approximate surface area is 173 Å². The zero-order valence-electron chi connectivity index (χ0n) is 15.9. The van der Waals surface area contributed by atoms with Crippen LogP contribution in [0.2, 0.25) is 0 Å². The average molecular weight is 399 g/mol. The van der Waals surface area contributed by atoms with E-state index in [0.29, 0.717) is 5.69 Å². The molecule has 0 radical (unpaired) electrons. The number of hydrogen-bond donors (Lipinski definition) is 1. The van der Waals surface area contributed by atoms with E-state index in [1.165, 1.54) is 24.5 Å². The number of nitrogens with zero attached hydrogens (tertiary/aromatic N) is 2. The van der Waals surface area contributed by atoms with Gasteiger partial charge in [-0.3, -0.25) is 4.79 Å². The molecule has 30 heavy (non-hydrogen) atoms. The number of ether oxygens (including phenoxy) is 1. The molecular formula is C24H18FN3O2. The predicted octanol–water partition coefficient (Wildman–Crippen LogP) is 5.18. The minimum Gasteiger partial charge on any atom is -0.421 e. The molecule has 1 amide bonds. The Morgan fingerprint density at radius 2 is 1.33 bits per heavy atom. The van der Waals surface area contributed by atoms with Crippen molar-refractivity contribution in [1.82, 2.24) is 9.97 Å². The molecular weight excluding hydrogens is 381 g/mol. The normalized spacial score (nSPS) is 10.6. The summed E-state index contributed by atoms with van der Waals surface area (Å²) in [5.41, 5.74) is 2.17. The third-order valence-corrected chi connectivity index (χ3v) is 4.46. The maximum absolute atomic E-state index is 13.7. The second-order valence-corrected chi connectivity index (χ2v) is 6.53. The van der Waals surface area contributed by atoms with E-state index in [9.17, 15) is 9.18 Å². The number of aromatic nitrogens is 2. The van der Waals surface area contributed by atoms with Crippen molar-refractivity contribution in [2.75, 3.05) is 5.32 Å². The third-order valence-electron chi connectivity index (χ3n) is 4.46. The van der Waals surface area contributed by atoms with E-state index in [1.54, 1.807) is 12.1 Å². The summed E-state index contributed by atoms with van der Waals surface area (Å²) in [5, 5.41) is 2.85. The summed E-state index contributed by atoms with van der Waals surface area (Å²) in [6.07, 6.45) is 2.85. The first-order valence-corrected chi connectivity index (χ1v) is 9.36. The van der Waals surface area contributed by atoms with Crippen LogP contribution < -0.4 is 10.1 Å². The molecule has 1 N–H and O–H groups in total. The van der Waals surface area contributed by atoms with Crippen LogP contribution in [0.3, 0.4) is 0 Å². The van der Waals surface area contributed by atoms with E-state index in [2.05, 4.69) is 15.3 Å². The fourth-order valence-electron chi connectivity index (χ4n) is 3.06. The van der Waals surface area contributed by atoms with Gasteiger partial charge in [0, 0.05) is 0 Å². The molecule has 0 spiro atoms.